The van der Waals surface area contributed by atoms with E-state index in [0.29, 0.717) is 0 Å². The Hall–Kier alpha value is -1.06. The first-order chi connectivity index (χ1) is 5.65. The standard InChI is InChI=1S/C9H14N2O/c1-6(2)9(11-10)8-5-4-7(3)12-8/h4-5,9,11H,1,10H2,2-3H3. The van der Waals surface area contributed by atoms with E-state index in [-0.39, 0.29) is 6.04 Å². The van der Waals surface area contributed by atoms with Gasteiger partial charge in [-0.25, -0.2) is 5.43 Å². The van der Waals surface area contributed by atoms with E-state index >= 15 is 0 Å². The Kier molecular flexibility index (Phi) is 2.68. The zero-order chi connectivity index (χ0) is 9.14. The van der Waals surface area contributed by atoms with Crippen LogP contribution in [0.5, 0.6) is 0 Å². The van der Waals surface area contributed by atoms with Crippen LogP contribution in [0.2, 0.25) is 0 Å². The molecule has 1 rings (SSSR count). The Morgan fingerprint density at radius 2 is 2.33 bits per heavy atom. The summed E-state index contributed by atoms with van der Waals surface area (Å²) < 4.78 is 5.39. The average Bonchev–Trinajstić information content (AvgIpc) is 2.37. The van der Waals surface area contributed by atoms with Crippen molar-refractivity contribution in [2.75, 3.05) is 0 Å². The van der Waals surface area contributed by atoms with Gasteiger partial charge in [0.15, 0.2) is 0 Å². The predicted molar refractivity (Wildman–Crippen MR) is 48.3 cm³/mol. The van der Waals surface area contributed by atoms with Crippen LogP contribution in [0.1, 0.15) is 24.5 Å². The second-order valence-corrected chi connectivity index (χ2v) is 2.89. The number of furan rings is 1. The molecule has 1 heterocycles. The molecule has 1 atom stereocenters. The summed E-state index contributed by atoms with van der Waals surface area (Å²) >= 11 is 0. The molecule has 3 heteroatoms. The monoisotopic (exact) mass is 166 g/mol. The molecule has 1 aromatic rings. The van der Waals surface area contributed by atoms with Crippen LogP contribution < -0.4 is 11.3 Å². The lowest BCUT2D eigenvalue weighted by molar-refractivity contribution is 0.432. The maximum Gasteiger partial charge on any atom is 0.126 e. The van der Waals surface area contributed by atoms with Crippen molar-refractivity contribution in [3.8, 4) is 0 Å². The molecule has 0 spiro atoms. The maximum absolute atomic E-state index is 5.39. The Morgan fingerprint density at radius 1 is 1.67 bits per heavy atom. The highest BCUT2D eigenvalue weighted by Crippen LogP contribution is 2.20. The van der Waals surface area contributed by atoms with Crippen molar-refractivity contribution >= 4 is 0 Å². The van der Waals surface area contributed by atoms with E-state index in [9.17, 15) is 0 Å². The number of hydrazine groups is 1. The maximum atomic E-state index is 5.39. The number of aryl methyl sites for hydroxylation is 1. The lowest BCUT2D eigenvalue weighted by atomic mass is 10.1. The van der Waals surface area contributed by atoms with Crippen LogP contribution in [-0.4, -0.2) is 0 Å². The second kappa shape index (κ2) is 3.56. The topological polar surface area (TPSA) is 51.2 Å². The molecular formula is C9H14N2O. The molecule has 12 heavy (non-hydrogen) atoms. The highest BCUT2D eigenvalue weighted by molar-refractivity contribution is 5.18. The molecular weight excluding hydrogens is 152 g/mol. The molecule has 0 saturated carbocycles. The van der Waals surface area contributed by atoms with Crippen LogP contribution >= 0.6 is 0 Å². The fraction of sp³-hybridized carbons (Fsp3) is 0.333. The van der Waals surface area contributed by atoms with Crippen molar-refractivity contribution in [1.29, 1.82) is 0 Å². The second-order valence-electron chi connectivity index (χ2n) is 2.89. The van der Waals surface area contributed by atoms with Crippen LogP contribution in [0, 0.1) is 6.92 Å². The molecule has 0 aromatic carbocycles. The van der Waals surface area contributed by atoms with Gasteiger partial charge in [-0.1, -0.05) is 12.2 Å². The van der Waals surface area contributed by atoms with Crippen LogP contribution in [0.4, 0.5) is 0 Å². The third-order valence-electron chi connectivity index (χ3n) is 1.71. The van der Waals surface area contributed by atoms with Crippen molar-refractivity contribution in [2.45, 2.75) is 19.9 Å². The summed E-state index contributed by atoms with van der Waals surface area (Å²) in [5.74, 6) is 7.03. The lowest BCUT2D eigenvalue weighted by Crippen LogP contribution is -2.28. The Labute approximate surface area is 72.2 Å². The summed E-state index contributed by atoms with van der Waals surface area (Å²) in [7, 11) is 0. The molecule has 1 unspecified atom stereocenters. The summed E-state index contributed by atoms with van der Waals surface area (Å²) in [5.41, 5.74) is 3.57. The minimum atomic E-state index is -0.0845. The Morgan fingerprint density at radius 3 is 2.67 bits per heavy atom. The molecule has 0 amide bonds. The van der Waals surface area contributed by atoms with E-state index in [0.717, 1.165) is 17.1 Å². The van der Waals surface area contributed by atoms with Gasteiger partial charge in [-0.15, -0.1) is 0 Å². The number of rotatable bonds is 3. The van der Waals surface area contributed by atoms with Crippen LogP contribution in [-0.2, 0) is 0 Å². The Balaban J connectivity index is 2.87. The van der Waals surface area contributed by atoms with Crippen LogP contribution in [0.25, 0.3) is 0 Å². The van der Waals surface area contributed by atoms with Crippen LogP contribution in [0.3, 0.4) is 0 Å². The summed E-state index contributed by atoms with van der Waals surface area (Å²) in [6, 6.07) is 3.72. The quantitative estimate of drug-likeness (QED) is 0.408. The predicted octanol–water partition coefficient (Wildman–Crippen LogP) is 1.67. The molecule has 0 radical (unpaired) electrons. The first kappa shape index (κ1) is 9.03. The fourth-order valence-corrected chi connectivity index (χ4v) is 1.08. The molecule has 0 aliphatic heterocycles. The number of nitrogens with one attached hydrogen (secondary N) is 1. The van der Waals surface area contributed by atoms with Gasteiger partial charge in [0.25, 0.3) is 0 Å². The van der Waals surface area contributed by atoms with Crippen molar-refractivity contribution in [2.24, 2.45) is 5.84 Å². The van der Waals surface area contributed by atoms with Gasteiger partial charge < -0.3 is 4.42 Å². The fourth-order valence-electron chi connectivity index (χ4n) is 1.08. The molecule has 0 aliphatic carbocycles. The molecule has 0 saturated heterocycles. The zero-order valence-electron chi connectivity index (χ0n) is 7.42. The van der Waals surface area contributed by atoms with Crippen molar-refractivity contribution < 1.29 is 4.42 Å². The first-order valence-corrected chi connectivity index (χ1v) is 3.83. The third-order valence-corrected chi connectivity index (χ3v) is 1.71. The average molecular weight is 166 g/mol. The van der Waals surface area contributed by atoms with E-state index in [1.807, 2.05) is 26.0 Å². The summed E-state index contributed by atoms with van der Waals surface area (Å²) in [6.45, 7) is 7.61. The van der Waals surface area contributed by atoms with Crippen molar-refractivity contribution in [3.05, 3.63) is 35.8 Å². The number of hydrogen-bond donors (Lipinski definition) is 2. The van der Waals surface area contributed by atoms with Gasteiger partial charge >= 0.3 is 0 Å². The number of hydrogen-bond acceptors (Lipinski definition) is 3. The normalized spacial score (nSPS) is 12.9. The van der Waals surface area contributed by atoms with Gasteiger partial charge in [-0.2, -0.15) is 0 Å². The van der Waals surface area contributed by atoms with Gasteiger partial charge in [0.05, 0.1) is 6.04 Å². The van der Waals surface area contributed by atoms with Gasteiger partial charge in [-0.05, 0) is 26.0 Å². The largest absolute Gasteiger partial charge is 0.464 e. The zero-order valence-corrected chi connectivity index (χ0v) is 7.42. The van der Waals surface area contributed by atoms with Gasteiger partial charge in [0.1, 0.15) is 11.5 Å². The summed E-state index contributed by atoms with van der Waals surface area (Å²) in [4.78, 5) is 0. The first-order valence-electron chi connectivity index (χ1n) is 3.83. The summed E-state index contributed by atoms with van der Waals surface area (Å²) in [5, 5.41) is 0. The highest BCUT2D eigenvalue weighted by Gasteiger charge is 2.13. The van der Waals surface area contributed by atoms with E-state index in [2.05, 4.69) is 12.0 Å². The molecule has 0 fully saturated rings. The van der Waals surface area contributed by atoms with E-state index < -0.39 is 0 Å². The van der Waals surface area contributed by atoms with Crippen LogP contribution in [0.15, 0.2) is 28.7 Å². The van der Waals surface area contributed by atoms with Gasteiger partial charge in [0, 0.05) is 0 Å². The molecule has 0 aliphatic rings. The molecule has 1 aromatic heterocycles. The van der Waals surface area contributed by atoms with E-state index in [1.165, 1.54) is 0 Å². The lowest BCUT2D eigenvalue weighted by Gasteiger charge is -2.12. The van der Waals surface area contributed by atoms with Crippen molar-refractivity contribution in [3.63, 3.8) is 0 Å². The minimum absolute atomic E-state index is 0.0845. The van der Waals surface area contributed by atoms with E-state index in [4.69, 9.17) is 10.3 Å². The summed E-state index contributed by atoms with van der Waals surface area (Å²) in [6.07, 6.45) is 0. The Bertz CT molecular complexity index is 278. The van der Waals surface area contributed by atoms with Gasteiger partial charge in [-0.3, -0.25) is 5.84 Å². The SMILES string of the molecule is C=C(C)C(NN)c1ccc(C)o1. The minimum Gasteiger partial charge on any atom is -0.464 e. The smallest absolute Gasteiger partial charge is 0.126 e. The van der Waals surface area contributed by atoms with Crippen molar-refractivity contribution in [1.82, 2.24) is 5.43 Å². The molecule has 3 nitrogen and oxygen atoms in total. The molecule has 0 bridgehead atoms. The van der Waals surface area contributed by atoms with Gasteiger partial charge in [0.2, 0.25) is 0 Å². The highest BCUT2D eigenvalue weighted by atomic mass is 16.3. The molecule has 3 N–H and O–H groups in total. The van der Waals surface area contributed by atoms with E-state index in [1.54, 1.807) is 0 Å². The third kappa shape index (κ3) is 1.75. The molecule has 66 valence electrons. The number of nitrogens with two attached hydrogens (primary N) is 1.